The van der Waals surface area contributed by atoms with Crippen molar-refractivity contribution in [3.63, 3.8) is 0 Å². The second-order valence-electron chi connectivity index (χ2n) is 9.28. The summed E-state index contributed by atoms with van der Waals surface area (Å²) in [5.74, 6) is 1.67. The van der Waals surface area contributed by atoms with Crippen LogP contribution in [0.5, 0.6) is 5.75 Å². The molecular formula is C26H32N8O3S. The summed E-state index contributed by atoms with van der Waals surface area (Å²) in [6, 6.07) is 15.7. The first-order valence-electron chi connectivity index (χ1n) is 12.6. The van der Waals surface area contributed by atoms with Crippen molar-refractivity contribution < 1.29 is 13.2 Å². The number of anilines is 4. The van der Waals surface area contributed by atoms with Crippen LogP contribution in [0.3, 0.4) is 0 Å². The number of ether oxygens (including phenoxy) is 1. The van der Waals surface area contributed by atoms with Gasteiger partial charge in [0.2, 0.25) is 16.0 Å². The molecule has 0 amide bonds. The molecule has 1 aliphatic rings. The summed E-state index contributed by atoms with van der Waals surface area (Å²) in [6.45, 7) is 2.16. The number of rotatable bonds is 11. The molecule has 0 radical (unpaired) electrons. The summed E-state index contributed by atoms with van der Waals surface area (Å²) in [5, 5.41) is 14.6. The second kappa shape index (κ2) is 11.2. The standard InChI is InChI=1S/C26H32N8O3S/c1-33(38(2,35)36)24-19(6-3-15-28-24)18-29-23-8-5-16-34-25(23)31-26(32-34)30-21-9-11-22(12-10-21)37-17-13-20-7-4-14-27-20/h3,5-6,8-12,15-16,20,27,29H,4,7,13-14,17-18H2,1-2H3,(H,30,32). The Bertz CT molecular complexity index is 1480. The van der Waals surface area contributed by atoms with Crippen LogP contribution in [0.1, 0.15) is 24.8 Å². The van der Waals surface area contributed by atoms with Crippen molar-refractivity contribution in [1.29, 1.82) is 0 Å². The molecule has 0 saturated carbocycles. The lowest BCUT2D eigenvalue weighted by atomic mass is 10.2. The molecule has 0 bridgehead atoms. The summed E-state index contributed by atoms with van der Waals surface area (Å²) in [7, 11) is -1.94. The van der Waals surface area contributed by atoms with Crippen LogP contribution in [0, 0.1) is 0 Å². The van der Waals surface area contributed by atoms with Crippen LogP contribution in [0.2, 0.25) is 0 Å². The van der Waals surface area contributed by atoms with Crippen LogP contribution in [0.4, 0.5) is 23.1 Å². The van der Waals surface area contributed by atoms with Gasteiger partial charge in [-0.2, -0.15) is 4.98 Å². The number of hydrogen-bond acceptors (Lipinski definition) is 9. The molecule has 3 N–H and O–H groups in total. The summed E-state index contributed by atoms with van der Waals surface area (Å²) >= 11 is 0. The van der Waals surface area contributed by atoms with Crippen molar-refractivity contribution in [1.82, 2.24) is 24.9 Å². The zero-order valence-corrected chi connectivity index (χ0v) is 22.3. The molecule has 1 aromatic carbocycles. The number of benzene rings is 1. The van der Waals surface area contributed by atoms with Gasteiger partial charge in [0.25, 0.3) is 0 Å². The minimum absolute atomic E-state index is 0.358. The van der Waals surface area contributed by atoms with E-state index in [0.29, 0.717) is 36.6 Å². The predicted octanol–water partition coefficient (Wildman–Crippen LogP) is 3.40. The monoisotopic (exact) mass is 536 g/mol. The van der Waals surface area contributed by atoms with E-state index < -0.39 is 10.0 Å². The van der Waals surface area contributed by atoms with Crippen molar-refractivity contribution >= 4 is 38.8 Å². The van der Waals surface area contributed by atoms with E-state index in [9.17, 15) is 8.42 Å². The number of nitrogens with one attached hydrogen (secondary N) is 3. The Labute approximate surface area is 222 Å². The van der Waals surface area contributed by atoms with Gasteiger partial charge in [0, 0.05) is 43.3 Å². The first-order chi connectivity index (χ1) is 18.4. The highest BCUT2D eigenvalue weighted by Crippen LogP contribution is 2.24. The van der Waals surface area contributed by atoms with E-state index in [-0.39, 0.29) is 0 Å². The fourth-order valence-corrected chi connectivity index (χ4v) is 4.86. The maximum absolute atomic E-state index is 12.0. The quantitative estimate of drug-likeness (QED) is 0.264. The van der Waals surface area contributed by atoms with Crippen LogP contribution in [-0.4, -0.2) is 60.5 Å². The highest BCUT2D eigenvalue weighted by Gasteiger charge is 2.17. The molecule has 200 valence electrons. The summed E-state index contributed by atoms with van der Waals surface area (Å²) in [4.78, 5) is 8.91. The number of nitrogens with zero attached hydrogens (tertiary/aromatic N) is 5. The maximum Gasteiger partial charge on any atom is 0.247 e. The lowest BCUT2D eigenvalue weighted by Gasteiger charge is -2.19. The highest BCUT2D eigenvalue weighted by molar-refractivity contribution is 7.92. The molecule has 5 rings (SSSR count). The van der Waals surface area contributed by atoms with Crippen molar-refractivity contribution in [2.75, 3.05) is 41.4 Å². The van der Waals surface area contributed by atoms with Gasteiger partial charge in [0.15, 0.2) is 5.65 Å². The van der Waals surface area contributed by atoms with Crippen LogP contribution in [0.15, 0.2) is 60.9 Å². The van der Waals surface area contributed by atoms with Crippen molar-refractivity contribution in [2.24, 2.45) is 0 Å². The van der Waals surface area contributed by atoms with Crippen LogP contribution in [-0.2, 0) is 16.6 Å². The van der Waals surface area contributed by atoms with E-state index in [4.69, 9.17) is 4.74 Å². The predicted molar refractivity (Wildman–Crippen MR) is 149 cm³/mol. The fraction of sp³-hybridized carbons (Fsp3) is 0.346. The average molecular weight is 537 g/mol. The summed E-state index contributed by atoms with van der Waals surface area (Å²) in [5.41, 5.74) is 2.98. The Hall–Kier alpha value is -3.90. The Kier molecular flexibility index (Phi) is 7.61. The fourth-order valence-electron chi connectivity index (χ4n) is 4.38. The Morgan fingerprint density at radius 2 is 2.03 bits per heavy atom. The largest absolute Gasteiger partial charge is 0.494 e. The lowest BCUT2D eigenvalue weighted by Crippen LogP contribution is -2.27. The van der Waals surface area contributed by atoms with Crippen LogP contribution in [0.25, 0.3) is 5.65 Å². The van der Waals surface area contributed by atoms with Gasteiger partial charge < -0.3 is 20.7 Å². The third-order valence-electron chi connectivity index (χ3n) is 6.50. The third-order valence-corrected chi connectivity index (χ3v) is 7.67. The van der Waals surface area contributed by atoms with Crippen molar-refractivity contribution in [3.05, 3.63) is 66.5 Å². The van der Waals surface area contributed by atoms with E-state index >= 15 is 0 Å². The Morgan fingerprint density at radius 3 is 2.79 bits per heavy atom. The zero-order chi connectivity index (χ0) is 26.5. The summed E-state index contributed by atoms with van der Waals surface area (Å²) < 4.78 is 32.8. The summed E-state index contributed by atoms with van der Waals surface area (Å²) in [6.07, 6.45) is 8.03. The topological polar surface area (TPSA) is 126 Å². The van der Waals surface area contributed by atoms with E-state index in [1.165, 1.54) is 24.2 Å². The number of fused-ring (bicyclic) bond motifs is 1. The molecule has 1 atom stereocenters. The molecule has 0 aliphatic carbocycles. The maximum atomic E-state index is 12.0. The van der Waals surface area contributed by atoms with Gasteiger partial charge in [-0.1, -0.05) is 6.07 Å². The highest BCUT2D eigenvalue weighted by atomic mass is 32.2. The Balaban J connectivity index is 1.24. The van der Waals surface area contributed by atoms with Crippen LogP contribution < -0.4 is 25.0 Å². The minimum atomic E-state index is -3.44. The average Bonchev–Trinajstić information content (AvgIpc) is 3.57. The van der Waals surface area contributed by atoms with Gasteiger partial charge >= 0.3 is 0 Å². The minimum Gasteiger partial charge on any atom is -0.494 e. The zero-order valence-electron chi connectivity index (χ0n) is 21.5. The number of hydrogen-bond donors (Lipinski definition) is 3. The molecule has 12 heteroatoms. The molecular weight excluding hydrogens is 504 g/mol. The molecule has 38 heavy (non-hydrogen) atoms. The van der Waals surface area contributed by atoms with Crippen molar-refractivity contribution in [2.45, 2.75) is 31.8 Å². The molecule has 11 nitrogen and oxygen atoms in total. The van der Waals surface area contributed by atoms with Crippen molar-refractivity contribution in [3.8, 4) is 5.75 Å². The van der Waals surface area contributed by atoms with Crippen LogP contribution >= 0.6 is 0 Å². The first kappa shape index (κ1) is 25.7. The third kappa shape index (κ3) is 6.14. The normalized spacial score (nSPS) is 15.5. The van der Waals surface area contributed by atoms with Gasteiger partial charge in [-0.3, -0.25) is 4.31 Å². The van der Waals surface area contributed by atoms with E-state index in [1.807, 2.05) is 48.7 Å². The number of sulfonamides is 1. The molecule has 0 spiro atoms. The molecule has 3 aromatic heterocycles. The van der Waals surface area contributed by atoms with E-state index in [1.54, 1.807) is 16.8 Å². The molecule has 4 heterocycles. The van der Waals surface area contributed by atoms with Gasteiger partial charge in [0.1, 0.15) is 11.6 Å². The second-order valence-corrected chi connectivity index (χ2v) is 11.3. The van der Waals surface area contributed by atoms with E-state index in [2.05, 4.69) is 31.0 Å². The SMILES string of the molecule is CN(c1ncccc1CNc1cccn2nc(Nc3ccc(OCCC4CCCN4)cc3)nc12)S(C)(=O)=O. The molecule has 1 aliphatic heterocycles. The van der Waals surface area contributed by atoms with Gasteiger partial charge in [-0.05, 0) is 68.3 Å². The first-order valence-corrected chi connectivity index (χ1v) is 14.4. The van der Waals surface area contributed by atoms with Gasteiger partial charge in [-0.15, -0.1) is 5.10 Å². The number of pyridine rings is 2. The van der Waals surface area contributed by atoms with E-state index in [0.717, 1.165) is 41.9 Å². The number of aromatic nitrogens is 4. The lowest BCUT2D eigenvalue weighted by molar-refractivity contribution is 0.292. The molecule has 1 unspecified atom stereocenters. The Morgan fingerprint density at radius 1 is 1.18 bits per heavy atom. The van der Waals surface area contributed by atoms with Gasteiger partial charge in [0.05, 0.1) is 18.6 Å². The van der Waals surface area contributed by atoms with Gasteiger partial charge in [-0.25, -0.2) is 17.9 Å². The molecule has 4 aromatic rings. The molecule has 1 saturated heterocycles. The smallest absolute Gasteiger partial charge is 0.247 e. The molecule has 1 fully saturated rings.